The first kappa shape index (κ1) is 15.1. The maximum absolute atomic E-state index is 11.4. The summed E-state index contributed by atoms with van der Waals surface area (Å²) in [7, 11) is -4.37. The Kier molecular flexibility index (Phi) is 3.81. The molecule has 0 radical (unpaired) electrons. The highest BCUT2D eigenvalue weighted by Gasteiger charge is 2.14. The maximum Gasteiger partial charge on any atom is 0.294 e. The number of fused-ring (bicyclic) bond motifs is 1. The predicted octanol–water partition coefficient (Wildman–Crippen LogP) is 4.21. The van der Waals surface area contributed by atoms with E-state index in [1.165, 1.54) is 24.3 Å². The minimum atomic E-state index is -4.37. The summed E-state index contributed by atoms with van der Waals surface area (Å²) in [5, 5.41) is 18.8. The van der Waals surface area contributed by atoms with E-state index in [-0.39, 0.29) is 16.3 Å². The molecule has 0 atom stereocenters. The van der Waals surface area contributed by atoms with E-state index in [9.17, 15) is 18.1 Å². The van der Waals surface area contributed by atoms with Crippen LogP contribution in [0.2, 0.25) is 0 Å². The van der Waals surface area contributed by atoms with E-state index in [0.717, 1.165) is 0 Å². The molecule has 3 rings (SSSR count). The summed E-state index contributed by atoms with van der Waals surface area (Å²) in [6.07, 6.45) is 0. The number of benzene rings is 3. The fourth-order valence-corrected chi connectivity index (χ4v) is 2.67. The van der Waals surface area contributed by atoms with Crippen molar-refractivity contribution in [3.05, 3.63) is 60.7 Å². The summed E-state index contributed by atoms with van der Waals surface area (Å²) >= 11 is 0. The number of phenolic OH excluding ortho intramolecular Hbond substituents is 1. The molecule has 0 bridgehead atoms. The average Bonchev–Trinajstić information content (AvgIpc) is 2.52. The Morgan fingerprint density at radius 3 is 2.30 bits per heavy atom. The summed E-state index contributed by atoms with van der Waals surface area (Å²) in [6.45, 7) is 0. The highest BCUT2D eigenvalue weighted by Crippen LogP contribution is 2.33. The summed E-state index contributed by atoms with van der Waals surface area (Å²) in [5.74, 6) is 0.0215. The fourth-order valence-electron chi connectivity index (χ4n) is 2.14. The van der Waals surface area contributed by atoms with Gasteiger partial charge in [0.2, 0.25) is 0 Å². The number of nitrogens with zero attached hydrogens (tertiary/aromatic N) is 2. The van der Waals surface area contributed by atoms with Crippen molar-refractivity contribution < 1.29 is 18.1 Å². The van der Waals surface area contributed by atoms with Crippen LogP contribution in [0.1, 0.15) is 0 Å². The molecule has 0 spiro atoms. The molecule has 0 heterocycles. The molecule has 116 valence electrons. The zero-order valence-electron chi connectivity index (χ0n) is 11.8. The van der Waals surface area contributed by atoms with Crippen molar-refractivity contribution in [1.82, 2.24) is 0 Å². The number of hydrogen-bond donors (Lipinski definition) is 2. The molecule has 0 aliphatic heterocycles. The van der Waals surface area contributed by atoms with Gasteiger partial charge in [0, 0.05) is 5.39 Å². The van der Waals surface area contributed by atoms with E-state index >= 15 is 0 Å². The average molecular weight is 328 g/mol. The monoisotopic (exact) mass is 328 g/mol. The number of hydrogen-bond acceptors (Lipinski definition) is 5. The van der Waals surface area contributed by atoms with Crippen LogP contribution in [0.3, 0.4) is 0 Å². The molecule has 23 heavy (non-hydrogen) atoms. The van der Waals surface area contributed by atoms with Gasteiger partial charge in [0.05, 0.1) is 16.3 Å². The molecule has 0 amide bonds. The van der Waals surface area contributed by atoms with Crippen LogP contribution in [0.4, 0.5) is 11.4 Å². The lowest BCUT2D eigenvalue weighted by Crippen LogP contribution is -1.97. The lowest BCUT2D eigenvalue weighted by molar-refractivity contribution is 0.476. The Labute approximate surface area is 132 Å². The SMILES string of the molecule is O=S(=O)(O)c1cc(N=Nc2ccccc2)c2cc(O)ccc2c1. The highest BCUT2D eigenvalue weighted by molar-refractivity contribution is 7.85. The zero-order valence-corrected chi connectivity index (χ0v) is 12.6. The van der Waals surface area contributed by atoms with E-state index < -0.39 is 10.1 Å². The molecular formula is C16H12N2O4S. The molecule has 7 heteroatoms. The molecule has 0 aliphatic carbocycles. The van der Waals surface area contributed by atoms with Crippen LogP contribution >= 0.6 is 0 Å². The molecule has 0 unspecified atom stereocenters. The van der Waals surface area contributed by atoms with E-state index in [1.807, 2.05) is 6.07 Å². The van der Waals surface area contributed by atoms with Gasteiger partial charge >= 0.3 is 0 Å². The first-order valence-corrected chi connectivity index (χ1v) is 8.08. The Hall–Kier alpha value is -2.77. The van der Waals surface area contributed by atoms with Crippen molar-refractivity contribution in [2.45, 2.75) is 4.90 Å². The van der Waals surface area contributed by atoms with E-state index in [0.29, 0.717) is 16.5 Å². The Bertz CT molecular complexity index is 999. The number of phenols is 1. The van der Waals surface area contributed by atoms with Gasteiger partial charge in [-0.2, -0.15) is 13.5 Å². The molecule has 2 N–H and O–H groups in total. The maximum atomic E-state index is 11.4. The summed E-state index contributed by atoms with van der Waals surface area (Å²) in [6, 6.07) is 15.9. The van der Waals surface area contributed by atoms with Crippen molar-refractivity contribution in [1.29, 1.82) is 0 Å². The van der Waals surface area contributed by atoms with Gasteiger partial charge in [-0.1, -0.05) is 24.3 Å². The van der Waals surface area contributed by atoms with Crippen molar-refractivity contribution in [3.8, 4) is 5.75 Å². The van der Waals surface area contributed by atoms with Gasteiger partial charge < -0.3 is 5.11 Å². The lowest BCUT2D eigenvalue weighted by Gasteiger charge is -2.05. The second-order valence-corrected chi connectivity index (χ2v) is 6.28. The minimum absolute atomic E-state index is 0.0215. The normalized spacial score (nSPS) is 12.0. The molecular weight excluding hydrogens is 316 g/mol. The van der Waals surface area contributed by atoms with Crippen molar-refractivity contribution in [3.63, 3.8) is 0 Å². The molecule has 6 nitrogen and oxygen atoms in total. The van der Waals surface area contributed by atoms with Gasteiger partial charge in [-0.25, -0.2) is 0 Å². The van der Waals surface area contributed by atoms with E-state index in [4.69, 9.17) is 0 Å². The molecule has 0 aromatic heterocycles. The van der Waals surface area contributed by atoms with Gasteiger partial charge in [0.25, 0.3) is 10.1 Å². The topological polar surface area (TPSA) is 99.3 Å². The first-order valence-electron chi connectivity index (χ1n) is 6.64. The minimum Gasteiger partial charge on any atom is -0.508 e. The molecule has 0 aliphatic rings. The molecule has 3 aromatic rings. The van der Waals surface area contributed by atoms with Crippen molar-refractivity contribution in [2.24, 2.45) is 10.2 Å². The molecule has 3 aromatic carbocycles. The lowest BCUT2D eigenvalue weighted by atomic mass is 10.1. The van der Waals surface area contributed by atoms with Crippen LogP contribution in [0.15, 0.2) is 75.8 Å². The number of aromatic hydroxyl groups is 1. The standard InChI is InChI=1S/C16H12N2O4S/c19-13-7-6-11-8-14(23(20,21)22)10-16(15(11)9-13)18-17-12-4-2-1-3-5-12/h1-10,19H,(H,20,21,22). The third-order valence-corrected chi connectivity index (χ3v) is 4.05. The summed E-state index contributed by atoms with van der Waals surface area (Å²) < 4.78 is 32.1. The second kappa shape index (κ2) is 5.79. The summed E-state index contributed by atoms with van der Waals surface area (Å²) in [5.41, 5.74) is 0.827. The van der Waals surface area contributed by atoms with Gasteiger partial charge in [0.15, 0.2) is 0 Å². The van der Waals surface area contributed by atoms with Crippen LogP contribution in [-0.2, 0) is 10.1 Å². The Balaban J connectivity index is 2.20. The summed E-state index contributed by atoms with van der Waals surface area (Å²) in [4.78, 5) is -0.280. The van der Waals surface area contributed by atoms with E-state index in [2.05, 4.69) is 10.2 Å². The molecule has 0 fully saturated rings. The largest absolute Gasteiger partial charge is 0.508 e. The smallest absolute Gasteiger partial charge is 0.294 e. The quantitative estimate of drug-likeness (QED) is 0.555. The first-order chi connectivity index (χ1) is 10.9. The third kappa shape index (κ3) is 3.36. The van der Waals surface area contributed by atoms with Gasteiger partial charge in [-0.15, -0.1) is 5.11 Å². The fraction of sp³-hybridized carbons (Fsp3) is 0. The predicted molar refractivity (Wildman–Crippen MR) is 86.0 cm³/mol. The van der Waals surface area contributed by atoms with Crippen LogP contribution in [0.25, 0.3) is 10.8 Å². The third-order valence-electron chi connectivity index (χ3n) is 3.22. The van der Waals surface area contributed by atoms with Crippen molar-refractivity contribution in [2.75, 3.05) is 0 Å². The zero-order chi connectivity index (χ0) is 16.4. The Morgan fingerprint density at radius 2 is 1.61 bits per heavy atom. The molecule has 0 saturated carbocycles. The van der Waals surface area contributed by atoms with Crippen molar-refractivity contribution >= 4 is 32.3 Å². The number of rotatable bonds is 3. The van der Waals surface area contributed by atoms with Gasteiger partial charge in [-0.3, -0.25) is 4.55 Å². The number of azo groups is 1. The van der Waals surface area contributed by atoms with E-state index in [1.54, 1.807) is 30.3 Å². The van der Waals surface area contributed by atoms with Crippen LogP contribution in [0.5, 0.6) is 5.75 Å². The van der Waals surface area contributed by atoms with Crippen LogP contribution in [0, 0.1) is 0 Å². The molecule has 0 saturated heterocycles. The Morgan fingerprint density at radius 1 is 0.870 bits per heavy atom. The second-order valence-electron chi connectivity index (χ2n) is 4.86. The van der Waals surface area contributed by atoms with Gasteiger partial charge in [-0.05, 0) is 41.8 Å². The van der Waals surface area contributed by atoms with Gasteiger partial charge in [0.1, 0.15) is 5.75 Å². The highest BCUT2D eigenvalue weighted by atomic mass is 32.2. The van der Waals surface area contributed by atoms with Crippen LogP contribution < -0.4 is 0 Å². The van der Waals surface area contributed by atoms with Crippen LogP contribution in [-0.4, -0.2) is 18.1 Å².